The predicted octanol–water partition coefficient (Wildman–Crippen LogP) is 3.27. The Bertz CT molecular complexity index is 935. The number of likely N-dealkylation sites (tertiary alicyclic amines) is 1. The Morgan fingerprint density at radius 1 is 1.12 bits per heavy atom. The van der Waals surface area contributed by atoms with Crippen LogP contribution < -0.4 is 5.56 Å². The minimum Gasteiger partial charge on any atom is -0.330 e. The lowest BCUT2D eigenvalue weighted by molar-refractivity contribution is 0.0728. The minimum atomic E-state index is -0.251. The van der Waals surface area contributed by atoms with Gasteiger partial charge in [0.05, 0.1) is 11.7 Å². The van der Waals surface area contributed by atoms with Crippen LogP contribution in [-0.4, -0.2) is 27.1 Å². The average Bonchev–Trinajstić information content (AvgIpc) is 3.33. The number of para-hydroxylation sites is 1. The summed E-state index contributed by atoms with van der Waals surface area (Å²) in [6.45, 7) is 0.714. The number of amides is 1. The van der Waals surface area contributed by atoms with Crippen molar-refractivity contribution in [2.24, 2.45) is 0 Å². The van der Waals surface area contributed by atoms with E-state index in [2.05, 4.69) is 16.5 Å². The first-order valence-electron chi connectivity index (χ1n) is 8.23. The molecular formula is C19H17N3O2S. The highest BCUT2D eigenvalue weighted by Crippen LogP contribution is 2.33. The van der Waals surface area contributed by atoms with Crippen LogP contribution >= 0.6 is 11.3 Å². The lowest BCUT2D eigenvalue weighted by Crippen LogP contribution is -2.33. The van der Waals surface area contributed by atoms with E-state index in [9.17, 15) is 9.59 Å². The van der Waals surface area contributed by atoms with Gasteiger partial charge in [-0.3, -0.25) is 9.59 Å². The molecule has 25 heavy (non-hydrogen) atoms. The summed E-state index contributed by atoms with van der Waals surface area (Å²) in [7, 11) is 0. The van der Waals surface area contributed by atoms with E-state index in [4.69, 9.17) is 0 Å². The fraction of sp³-hybridized carbons (Fsp3) is 0.211. The van der Waals surface area contributed by atoms with E-state index in [1.54, 1.807) is 23.5 Å². The van der Waals surface area contributed by atoms with Crippen molar-refractivity contribution in [3.05, 3.63) is 80.9 Å². The van der Waals surface area contributed by atoms with Gasteiger partial charge >= 0.3 is 0 Å². The number of carbonyl (C=O) groups is 1. The fourth-order valence-electron chi connectivity index (χ4n) is 3.25. The Hall–Kier alpha value is -2.73. The summed E-state index contributed by atoms with van der Waals surface area (Å²) in [4.78, 5) is 27.0. The van der Waals surface area contributed by atoms with Crippen LogP contribution in [0.1, 0.15) is 34.9 Å². The molecule has 1 aromatic carbocycles. The molecule has 0 radical (unpaired) electrons. The smallest absolute Gasteiger partial charge is 0.274 e. The van der Waals surface area contributed by atoms with E-state index >= 15 is 0 Å². The molecule has 3 aromatic rings. The van der Waals surface area contributed by atoms with Gasteiger partial charge < -0.3 is 4.90 Å². The molecule has 0 N–H and O–H groups in total. The van der Waals surface area contributed by atoms with Crippen molar-refractivity contribution in [3.8, 4) is 5.69 Å². The molecule has 0 spiro atoms. The molecule has 1 aliphatic heterocycles. The molecule has 0 bridgehead atoms. The summed E-state index contributed by atoms with van der Waals surface area (Å²) < 4.78 is 1.28. The summed E-state index contributed by atoms with van der Waals surface area (Å²) in [6.07, 6.45) is 1.94. The molecule has 2 aromatic heterocycles. The van der Waals surface area contributed by atoms with Crippen LogP contribution in [0.3, 0.4) is 0 Å². The van der Waals surface area contributed by atoms with Crippen LogP contribution in [0.15, 0.2) is 64.1 Å². The molecule has 0 aliphatic carbocycles. The number of aromatic nitrogens is 2. The molecule has 1 saturated heterocycles. The number of rotatable bonds is 3. The Kier molecular flexibility index (Phi) is 4.19. The van der Waals surface area contributed by atoms with Crippen LogP contribution in [0.2, 0.25) is 0 Å². The largest absolute Gasteiger partial charge is 0.330 e. The molecule has 0 saturated carbocycles. The van der Waals surface area contributed by atoms with Crippen LogP contribution in [0.5, 0.6) is 0 Å². The number of carbonyl (C=O) groups excluding carboxylic acids is 1. The van der Waals surface area contributed by atoms with Crippen molar-refractivity contribution >= 4 is 17.2 Å². The number of hydrogen-bond acceptors (Lipinski definition) is 4. The third-order valence-corrected chi connectivity index (χ3v) is 5.16. The summed E-state index contributed by atoms with van der Waals surface area (Å²) >= 11 is 1.64. The lowest BCUT2D eigenvalue weighted by Gasteiger charge is -2.24. The number of benzene rings is 1. The Morgan fingerprint density at radius 2 is 1.96 bits per heavy atom. The highest BCUT2D eigenvalue weighted by Gasteiger charge is 2.31. The standard InChI is InChI=1S/C19H17N3O2S/c23-18-9-8-16(20-22(18)15-5-2-1-3-6-15)19(24)21-11-4-7-17(21)14-10-12-25-13-14/h1-3,5-6,8-10,12-13,17H,4,7,11H2. The lowest BCUT2D eigenvalue weighted by atomic mass is 10.1. The average molecular weight is 351 g/mol. The minimum absolute atomic E-state index is 0.0950. The van der Waals surface area contributed by atoms with E-state index in [1.807, 2.05) is 28.5 Å². The van der Waals surface area contributed by atoms with Crippen molar-refractivity contribution < 1.29 is 4.79 Å². The Labute approximate surface area is 149 Å². The first kappa shape index (κ1) is 15.8. The summed E-state index contributed by atoms with van der Waals surface area (Å²) in [5.74, 6) is -0.126. The zero-order valence-electron chi connectivity index (χ0n) is 13.5. The summed E-state index contributed by atoms with van der Waals surface area (Å²) in [5, 5.41) is 8.44. The normalized spacial score (nSPS) is 17.0. The molecule has 6 heteroatoms. The van der Waals surface area contributed by atoms with E-state index in [1.165, 1.54) is 22.4 Å². The van der Waals surface area contributed by atoms with Gasteiger partial charge in [-0.15, -0.1) is 0 Å². The molecule has 1 aliphatic rings. The van der Waals surface area contributed by atoms with Gasteiger partial charge in [-0.05, 0) is 53.4 Å². The highest BCUT2D eigenvalue weighted by atomic mass is 32.1. The van der Waals surface area contributed by atoms with Gasteiger partial charge in [0.1, 0.15) is 5.69 Å². The molecule has 126 valence electrons. The first-order valence-corrected chi connectivity index (χ1v) is 9.17. The van der Waals surface area contributed by atoms with Gasteiger partial charge in [0.2, 0.25) is 0 Å². The second-order valence-electron chi connectivity index (χ2n) is 6.02. The maximum atomic E-state index is 13.0. The Balaban J connectivity index is 1.68. The summed E-state index contributed by atoms with van der Waals surface area (Å²) in [5.41, 5.74) is 1.87. The molecule has 1 atom stereocenters. The molecule has 4 rings (SSSR count). The zero-order chi connectivity index (χ0) is 17.2. The van der Waals surface area contributed by atoms with Gasteiger partial charge in [-0.25, -0.2) is 0 Å². The monoisotopic (exact) mass is 351 g/mol. The number of hydrogen-bond donors (Lipinski definition) is 0. The SMILES string of the molecule is O=C(c1ccc(=O)n(-c2ccccc2)n1)N1CCCC1c1ccsc1. The van der Waals surface area contributed by atoms with Crippen LogP contribution in [0.25, 0.3) is 5.69 Å². The fourth-order valence-corrected chi connectivity index (χ4v) is 3.95. The van der Waals surface area contributed by atoms with Crippen LogP contribution in [0, 0.1) is 0 Å². The maximum Gasteiger partial charge on any atom is 0.274 e. The van der Waals surface area contributed by atoms with Gasteiger partial charge in [-0.1, -0.05) is 18.2 Å². The van der Waals surface area contributed by atoms with Crippen LogP contribution in [-0.2, 0) is 0 Å². The van der Waals surface area contributed by atoms with E-state index in [-0.39, 0.29) is 17.5 Å². The van der Waals surface area contributed by atoms with E-state index in [0.717, 1.165) is 12.8 Å². The third kappa shape index (κ3) is 3.00. The second-order valence-corrected chi connectivity index (χ2v) is 6.80. The van der Waals surface area contributed by atoms with Gasteiger partial charge in [0, 0.05) is 12.6 Å². The molecule has 1 amide bonds. The molecule has 5 nitrogen and oxygen atoms in total. The van der Waals surface area contributed by atoms with Gasteiger partial charge in [-0.2, -0.15) is 21.1 Å². The van der Waals surface area contributed by atoms with E-state index < -0.39 is 0 Å². The van der Waals surface area contributed by atoms with Crippen molar-refractivity contribution in [2.75, 3.05) is 6.54 Å². The quantitative estimate of drug-likeness (QED) is 0.728. The van der Waals surface area contributed by atoms with Crippen LogP contribution in [0.4, 0.5) is 0 Å². The zero-order valence-corrected chi connectivity index (χ0v) is 14.4. The maximum absolute atomic E-state index is 13.0. The predicted molar refractivity (Wildman–Crippen MR) is 97.2 cm³/mol. The molecule has 1 unspecified atom stereocenters. The molecule has 1 fully saturated rings. The second kappa shape index (κ2) is 6.64. The van der Waals surface area contributed by atoms with Gasteiger partial charge in [0.15, 0.2) is 0 Å². The number of nitrogens with zero attached hydrogens (tertiary/aromatic N) is 3. The first-order chi connectivity index (χ1) is 12.2. The van der Waals surface area contributed by atoms with Crippen molar-refractivity contribution in [1.29, 1.82) is 0 Å². The molecular weight excluding hydrogens is 334 g/mol. The third-order valence-electron chi connectivity index (χ3n) is 4.46. The van der Waals surface area contributed by atoms with E-state index in [0.29, 0.717) is 17.9 Å². The number of thiophene rings is 1. The van der Waals surface area contributed by atoms with Crippen molar-refractivity contribution in [3.63, 3.8) is 0 Å². The van der Waals surface area contributed by atoms with Crippen molar-refractivity contribution in [2.45, 2.75) is 18.9 Å². The molecule has 3 heterocycles. The highest BCUT2D eigenvalue weighted by molar-refractivity contribution is 7.08. The topological polar surface area (TPSA) is 55.2 Å². The Morgan fingerprint density at radius 3 is 2.72 bits per heavy atom. The van der Waals surface area contributed by atoms with Gasteiger partial charge in [0.25, 0.3) is 11.5 Å². The summed E-state index contributed by atoms with van der Waals surface area (Å²) in [6, 6.07) is 14.2. The van der Waals surface area contributed by atoms with Crippen molar-refractivity contribution in [1.82, 2.24) is 14.7 Å².